The molecule has 0 aliphatic heterocycles. The highest BCUT2D eigenvalue weighted by molar-refractivity contribution is 5.38. The Morgan fingerprint density at radius 1 is 1.41 bits per heavy atom. The van der Waals surface area contributed by atoms with Gasteiger partial charge in [0.2, 0.25) is 0 Å². The van der Waals surface area contributed by atoms with E-state index in [0.29, 0.717) is 12.4 Å². The van der Waals surface area contributed by atoms with Crippen molar-refractivity contribution < 1.29 is 17.9 Å². The van der Waals surface area contributed by atoms with Crippen LogP contribution in [0.25, 0.3) is 0 Å². The number of alkyl halides is 3. The van der Waals surface area contributed by atoms with E-state index in [-0.39, 0.29) is 5.75 Å². The summed E-state index contributed by atoms with van der Waals surface area (Å²) in [7, 11) is 0. The van der Waals surface area contributed by atoms with Crippen molar-refractivity contribution in [1.82, 2.24) is 4.98 Å². The molecule has 1 aromatic rings. The first-order chi connectivity index (χ1) is 7.87. The van der Waals surface area contributed by atoms with E-state index in [1.54, 1.807) is 0 Å². The summed E-state index contributed by atoms with van der Waals surface area (Å²) < 4.78 is 39.3. The van der Waals surface area contributed by atoms with Crippen LogP contribution in [-0.2, 0) is 0 Å². The lowest BCUT2D eigenvalue weighted by atomic mass is 10.3. The molecule has 1 heterocycles. The number of hydrogen-bond donors (Lipinski definition) is 1. The van der Waals surface area contributed by atoms with Gasteiger partial charge in [0.05, 0.1) is 6.20 Å². The molecule has 0 saturated carbocycles. The number of anilines is 1. The van der Waals surface area contributed by atoms with Gasteiger partial charge in [-0.2, -0.15) is 0 Å². The van der Waals surface area contributed by atoms with Crippen molar-refractivity contribution in [2.24, 2.45) is 0 Å². The van der Waals surface area contributed by atoms with Crippen molar-refractivity contribution in [2.45, 2.75) is 20.2 Å². The second-order valence-corrected chi connectivity index (χ2v) is 3.59. The van der Waals surface area contributed by atoms with Gasteiger partial charge in [-0.25, -0.2) is 4.98 Å². The Kier molecular flexibility index (Phi) is 4.37. The van der Waals surface area contributed by atoms with E-state index < -0.39 is 6.36 Å². The number of aromatic nitrogens is 1. The quantitative estimate of drug-likeness (QED) is 0.827. The second kappa shape index (κ2) is 5.56. The average Bonchev–Trinajstić information content (AvgIpc) is 2.18. The molecule has 1 rings (SSSR count). The predicted molar refractivity (Wildman–Crippen MR) is 58.8 cm³/mol. The number of allylic oxidation sites excluding steroid dienone is 1. The van der Waals surface area contributed by atoms with Gasteiger partial charge in [-0.05, 0) is 26.0 Å². The van der Waals surface area contributed by atoms with Gasteiger partial charge in [0.1, 0.15) is 11.6 Å². The van der Waals surface area contributed by atoms with Crippen LogP contribution in [0.15, 0.2) is 30.0 Å². The third-order valence-electron chi connectivity index (χ3n) is 1.76. The predicted octanol–water partition coefficient (Wildman–Crippen LogP) is 3.36. The number of hydrogen-bond acceptors (Lipinski definition) is 3. The van der Waals surface area contributed by atoms with Crippen LogP contribution in [0.1, 0.15) is 13.8 Å². The van der Waals surface area contributed by atoms with E-state index in [1.165, 1.54) is 12.1 Å². The average molecular weight is 246 g/mol. The maximum atomic E-state index is 11.9. The molecule has 0 radical (unpaired) electrons. The molecule has 0 aliphatic rings. The molecule has 0 spiro atoms. The fourth-order valence-electron chi connectivity index (χ4n) is 1.04. The molecule has 0 saturated heterocycles. The lowest BCUT2D eigenvalue weighted by Crippen LogP contribution is -2.17. The molecule has 0 unspecified atom stereocenters. The lowest BCUT2D eigenvalue weighted by Gasteiger charge is -2.09. The van der Waals surface area contributed by atoms with Gasteiger partial charge in [-0.1, -0.05) is 11.6 Å². The van der Waals surface area contributed by atoms with Crippen molar-refractivity contribution >= 4 is 5.82 Å². The summed E-state index contributed by atoms with van der Waals surface area (Å²) in [5.74, 6) is 0.169. The molecule has 0 fully saturated rings. The van der Waals surface area contributed by atoms with Crippen LogP contribution in [0.5, 0.6) is 5.75 Å². The van der Waals surface area contributed by atoms with Crippen molar-refractivity contribution in [2.75, 3.05) is 11.9 Å². The summed E-state index contributed by atoms with van der Waals surface area (Å²) >= 11 is 0. The van der Waals surface area contributed by atoms with Crippen LogP contribution >= 0.6 is 0 Å². The molecule has 3 nitrogen and oxygen atoms in total. The minimum atomic E-state index is -4.68. The Morgan fingerprint density at radius 2 is 2.12 bits per heavy atom. The summed E-state index contributed by atoms with van der Waals surface area (Å²) in [4.78, 5) is 3.79. The van der Waals surface area contributed by atoms with Gasteiger partial charge in [0, 0.05) is 6.54 Å². The summed E-state index contributed by atoms with van der Waals surface area (Å²) in [6, 6.07) is 2.64. The Hall–Kier alpha value is -1.72. The molecule has 6 heteroatoms. The van der Waals surface area contributed by atoms with E-state index in [2.05, 4.69) is 15.0 Å². The molecule has 1 N–H and O–H groups in total. The van der Waals surface area contributed by atoms with Crippen molar-refractivity contribution in [3.8, 4) is 5.75 Å². The Labute approximate surface area is 97.3 Å². The largest absolute Gasteiger partial charge is 0.573 e. The number of rotatable bonds is 4. The number of ether oxygens (including phenoxy) is 1. The zero-order chi connectivity index (χ0) is 12.9. The lowest BCUT2D eigenvalue weighted by molar-refractivity contribution is -0.274. The van der Waals surface area contributed by atoms with Crippen LogP contribution in [0, 0.1) is 0 Å². The topological polar surface area (TPSA) is 34.1 Å². The molecule has 0 atom stereocenters. The third-order valence-corrected chi connectivity index (χ3v) is 1.76. The van der Waals surface area contributed by atoms with Crippen LogP contribution in [0.3, 0.4) is 0 Å². The maximum Gasteiger partial charge on any atom is 0.573 e. The summed E-state index contributed by atoms with van der Waals surface area (Å²) in [5.41, 5.74) is 1.15. The molecule has 94 valence electrons. The summed E-state index contributed by atoms with van der Waals surface area (Å²) in [6.45, 7) is 4.49. The highest BCUT2D eigenvalue weighted by atomic mass is 19.4. The van der Waals surface area contributed by atoms with Gasteiger partial charge < -0.3 is 10.1 Å². The smallest absolute Gasteiger partial charge is 0.404 e. The standard InChI is InChI=1S/C11H13F3N2O/c1-8(2)5-6-15-10-4-3-9(7-16-10)17-11(12,13)14/h3-5,7H,6H2,1-2H3,(H,15,16). The van der Waals surface area contributed by atoms with Gasteiger partial charge in [-0.15, -0.1) is 13.2 Å². The highest BCUT2D eigenvalue weighted by Crippen LogP contribution is 2.22. The summed E-state index contributed by atoms with van der Waals surface area (Å²) in [5, 5.41) is 2.94. The first-order valence-electron chi connectivity index (χ1n) is 4.96. The summed E-state index contributed by atoms with van der Waals surface area (Å²) in [6.07, 6.45) is -1.71. The van der Waals surface area contributed by atoms with Gasteiger partial charge >= 0.3 is 6.36 Å². The number of nitrogens with one attached hydrogen (secondary N) is 1. The molecule has 0 aliphatic carbocycles. The molecule has 0 aromatic carbocycles. The van der Waals surface area contributed by atoms with E-state index in [9.17, 15) is 13.2 Å². The Balaban J connectivity index is 2.53. The van der Waals surface area contributed by atoms with E-state index >= 15 is 0 Å². The van der Waals surface area contributed by atoms with Crippen LogP contribution in [0.2, 0.25) is 0 Å². The minimum absolute atomic E-state index is 0.328. The van der Waals surface area contributed by atoms with Crippen LogP contribution in [-0.4, -0.2) is 17.9 Å². The highest BCUT2D eigenvalue weighted by Gasteiger charge is 2.31. The SMILES string of the molecule is CC(C)=CCNc1ccc(OC(F)(F)F)cn1. The van der Waals surface area contributed by atoms with Crippen molar-refractivity contribution in [3.05, 3.63) is 30.0 Å². The van der Waals surface area contributed by atoms with Crippen LogP contribution in [0.4, 0.5) is 19.0 Å². The third kappa shape index (κ3) is 5.79. The first-order valence-corrected chi connectivity index (χ1v) is 4.96. The molecule has 0 amide bonds. The van der Waals surface area contributed by atoms with Crippen molar-refractivity contribution in [3.63, 3.8) is 0 Å². The molecule has 0 bridgehead atoms. The molecular formula is C11H13F3N2O. The Bertz CT molecular complexity index is 381. The van der Waals surface area contributed by atoms with E-state index in [1.807, 2.05) is 19.9 Å². The van der Waals surface area contributed by atoms with E-state index in [0.717, 1.165) is 11.8 Å². The zero-order valence-corrected chi connectivity index (χ0v) is 9.51. The number of pyridine rings is 1. The van der Waals surface area contributed by atoms with Gasteiger partial charge in [0.15, 0.2) is 0 Å². The maximum absolute atomic E-state index is 11.9. The first kappa shape index (κ1) is 13.3. The fourth-order valence-corrected chi connectivity index (χ4v) is 1.04. The molecule has 17 heavy (non-hydrogen) atoms. The number of halogens is 3. The molecule has 1 aromatic heterocycles. The monoisotopic (exact) mass is 246 g/mol. The van der Waals surface area contributed by atoms with Gasteiger partial charge in [0.25, 0.3) is 0 Å². The normalized spacial score (nSPS) is 10.9. The van der Waals surface area contributed by atoms with Gasteiger partial charge in [-0.3, -0.25) is 0 Å². The second-order valence-electron chi connectivity index (χ2n) is 3.59. The fraction of sp³-hybridized carbons (Fsp3) is 0.364. The number of nitrogens with zero attached hydrogens (tertiary/aromatic N) is 1. The van der Waals surface area contributed by atoms with Crippen LogP contribution < -0.4 is 10.1 Å². The zero-order valence-electron chi connectivity index (χ0n) is 9.51. The van der Waals surface area contributed by atoms with E-state index in [4.69, 9.17) is 0 Å². The minimum Gasteiger partial charge on any atom is -0.404 e. The Morgan fingerprint density at radius 3 is 2.59 bits per heavy atom. The molecular weight excluding hydrogens is 233 g/mol. The van der Waals surface area contributed by atoms with Crippen molar-refractivity contribution in [1.29, 1.82) is 0 Å².